The van der Waals surface area contributed by atoms with Crippen LogP contribution in [0.3, 0.4) is 0 Å². The molecule has 1 saturated heterocycles. The normalized spacial score (nSPS) is 17.5. The van der Waals surface area contributed by atoms with Crippen LogP contribution >= 0.6 is 7.92 Å². The predicted octanol–water partition coefficient (Wildman–Crippen LogP) is 12.3. The van der Waals surface area contributed by atoms with Crippen molar-refractivity contribution in [3.63, 3.8) is 0 Å². The molecule has 0 radical (unpaired) electrons. The topological polar surface area (TPSA) is 17.1 Å². The second-order valence-electron chi connectivity index (χ2n) is 12.8. The molecule has 1 fully saturated rings. The van der Waals surface area contributed by atoms with E-state index in [0.717, 1.165) is 0 Å². The van der Waals surface area contributed by atoms with Crippen LogP contribution in [0.4, 0.5) is 0 Å². The molecule has 7 aromatic rings. The third-order valence-electron chi connectivity index (χ3n) is 9.78. The average Bonchev–Trinajstić information content (AvgIpc) is 3.19. The lowest BCUT2D eigenvalue weighted by Crippen LogP contribution is -2.25. The molecule has 7 aromatic carbocycles. The SMILES string of the molecule is O=C1CC(c2ccc(-c3ccccc3)cc2)P(c2c(-c3ccccc3)cccc2-c2ccccc2)C(c2ccc(-c3ccccc3)cc2)C1. The summed E-state index contributed by atoms with van der Waals surface area (Å²) in [7, 11) is -0.910. The monoisotopic (exact) mass is 648 g/mol. The fourth-order valence-electron chi connectivity index (χ4n) is 7.38. The minimum atomic E-state index is -0.910. The zero-order valence-electron chi connectivity index (χ0n) is 27.3. The van der Waals surface area contributed by atoms with E-state index >= 15 is 0 Å². The summed E-state index contributed by atoms with van der Waals surface area (Å²) in [6.07, 6.45) is 1.10. The Morgan fingerprint density at radius 2 is 0.673 bits per heavy atom. The van der Waals surface area contributed by atoms with Crippen LogP contribution in [-0.2, 0) is 4.79 Å². The smallest absolute Gasteiger partial charge is 0.134 e. The average molecular weight is 649 g/mol. The maximum Gasteiger partial charge on any atom is 0.134 e. The molecular weight excluding hydrogens is 611 g/mol. The highest BCUT2D eigenvalue weighted by Gasteiger charge is 2.41. The van der Waals surface area contributed by atoms with E-state index in [0.29, 0.717) is 18.6 Å². The fraction of sp³-hybridized carbons (Fsp3) is 0.0851. The third kappa shape index (κ3) is 6.43. The first-order valence-corrected chi connectivity index (χ1v) is 18.6. The lowest BCUT2D eigenvalue weighted by molar-refractivity contribution is -0.119. The summed E-state index contributed by atoms with van der Waals surface area (Å²) in [5.74, 6) is 0.339. The van der Waals surface area contributed by atoms with Crippen LogP contribution in [0.15, 0.2) is 188 Å². The highest BCUT2D eigenvalue weighted by molar-refractivity contribution is 7.67. The van der Waals surface area contributed by atoms with Crippen LogP contribution in [0.5, 0.6) is 0 Å². The molecule has 2 unspecified atom stereocenters. The van der Waals surface area contributed by atoms with Gasteiger partial charge in [0.25, 0.3) is 0 Å². The van der Waals surface area contributed by atoms with Crippen molar-refractivity contribution in [2.45, 2.75) is 24.2 Å². The van der Waals surface area contributed by atoms with E-state index in [1.807, 2.05) is 0 Å². The molecule has 1 aliphatic heterocycles. The molecule has 1 aliphatic rings. The van der Waals surface area contributed by atoms with Crippen LogP contribution in [0.2, 0.25) is 0 Å². The van der Waals surface area contributed by atoms with Crippen molar-refractivity contribution in [3.8, 4) is 44.5 Å². The van der Waals surface area contributed by atoms with Crippen molar-refractivity contribution in [3.05, 3.63) is 199 Å². The van der Waals surface area contributed by atoms with Crippen LogP contribution < -0.4 is 5.30 Å². The van der Waals surface area contributed by atoms with Crippen molar-refractivity contribution in [1.82, 2.24) is 0 Å². The summed E-state index contributed by atoms with van der Waals surface area (Å²) in [5.41, 5.74) is 12.4. The highest BCUT2D eigenvalue weighted by atomic mass is 31.1. The minimum Gasteiger partial charge on any atom is -0.300 e. The van der Waals surface area contributed by atoms with E-state index in [1.54, 1.807) is 0 Å². The molecule has 0 amide bonds. The molecule has 0 N–H and O–H groups in total. The number of hydrogen-bond acceptors (Lipinski definition) is 1. The van der Waals surface area contributed by atoms with Crippen molar-refractivity contribution >= 4 is 19.0 Å². The van der Waals surface area contributed by atoms with Gasteiger partial charge in [-0.25, -0.2) is 0 Å². The number of rotatable bonds is 7. The number of hydrogen-bond donors (Lipinski definition) is 0. The van der Waals surface area contributed by atoms with Crippen molar-refractivity contribution in [2.75, 3.05) is 0 Å². The van der Waals surface area contributed by atoms with Crippen LogP contribution in [0.25, 0.3) is 44.5 Å². The molecule has 49 heavy (non-hydrogen) atoms. The van der Waals surface area contributed by atoms with E-state index in [-0.39, 0.29) is 11.3 Å². The molecule has 0 saturated carbocycles. The standard InChI is InChI=1S/C47H37OP/c48-42-32-45(40-28-24-36(25-29-40)34-14-5-1-6-15-34)49(46(33-42)41-30-26-37(27-31-41)35-16-7-2-8-17-35)47-43(38-18-9-3-10-19-38)22-13-23-44(47)39-20-11-4-12-21-39/h1-31,45-46H,32-33H2. The van der Waals surface area contributed by atoms with Gasteiger partial charge in [0.2, 0.25) is 0 Å². The molecule has 1 nitrogen and oxygen atoms in total. The number of benzene rings is 7. The maximum atomic E-state index is 13.9. The molecule has 1 heterocycles. The largest absolute Gasteiger partial charge is 0.300 e. The summed E-state index contributed by atoms with van der Waals surface area (Å²) in [4.78, 5) is 13.9. The Morgan fingerprint density at radius 3 is 1.04 bits per heavy atom. The van der Waals surface area contributed by atoms with Gasteiger partial charge < -0.3 is 0 Å². The van der Waals surface area contributed by atoms with Gasteiger partial charge in [-0.2, -0.15) is 0 Å². The van der Waals surface area contributed by atoms with Gasteiger partial charge in [-0.15, -0.1) is 0 Å². The molecule has 2 atom stereocenters. The Morgan fingerprint density at radius 1 is 0.347 bits per heavy atom. The van der Waals surface area contributed by atoms with Crippen molar-refractivity contribution in [2.24, 2.45) is 0 Å². The van der Waals surface area contributed by atoms with Crippen LogP contribution in [0.1, 0.15) is 35.3 Å². The summed E-state index contributed by atoms with van der Waals surface area (Å²) in [5, 5.41) is 1.39. The molecule has 0 bridgehead atoms. The van der Waals surface area contributed by atoms with E-state index in [2.05, 4.69) is 188 Å². The number of carbonyl (C=O) groups is 1. The van der Waals surface area contributed by atoms with Gasteiger partial charge in [-0.1, -0.05) is 196 Å². The van der Waals surface area contributed by atoms with Crippen LogP contribution in [-0.4, -0.2) is 5.78 Å². The highest BCUT2D eigenvalue weighted by Crippen LogP contribution is 2.68. The number of Topliss-reactive ketones (excluding diaryl/α,β-unsaturated/α-hetero) is 1. The van der Waals surface area contributed by atoms with Crippen molar-refractivity contribution < 1.29 is 4.79 Å². The Hall–Kier alpha value is -5.36. The van der Waals surface area contributed by atoms with Crippen LogP contribution in [0, 0.1) is 0 Å². The Bertz CT molecular complexity index is 2010. The molecule has 0 spiro atoms. The summed E-state index contributed by atoms with van der Waals surface area (Å²) in [6.45, 7) is 0. The maximum absolute atomic E-state index is 13.9. The van der Waals surface area contributed by atoms with E-state index in [4.69, 9.17) is 0 Å². The lowest BCUT2D eigenvalue weighted by Gasteiger charge is -2.41. The first-order valence-electron chi connectivity index (χ1n) is 17.1. The summed E-state index contributed by atoms with van der Waals surface area (Å²) < 4.78 is 0. The Balaban J connectivity index is 1.33. The van der Waals surface area contributed by atoms with Gasteiger partial charge in [0.1, 0.15) is 5.78 Å². The molecule has 2 heteroatoms. The first kappa shape index (κ1) is 30.9. The van der Waals surface area contributed by atoms with Crippen molar-refractivity contribution in [1.29, 1.82) is 0 Å². The summed E-state index contributed by atoms with van der Waals surface area (Å²) in [6, 6.07) is 67.5. The van der Waals surface area contributed by atoms with Gasteiger partial charge >= 0.3 is 0 Å². The lowest BCUT2D eigenvalue weighted by atomic mass is 9.97. The van der Waals surface area contributed by atoms with Gasteiger partial charge in [-0.3, -0.25) is 4.79 Å². The third-order valence-corrected chi connectivity index (χ3v) is 13.1. The predicted molar refractivity (Wildman–Crippen MR) is 207 cm³/mol. The van der Waals surface area contributed by atoms with E-state index < -0.39 is 7.92 Å². The zero-order chi connectivity index (χ0) is 33.0. The van der Waals surface area contributed by atoms with Gasteiger partial charge in [0.15, 0.2) is 0 Å². The molecular formula is C47H37OP. The van der Waals surface area contributed by atoms with E-state index in [9.17, 15) is 4.79 Å². The molecule has 8 rings (SSSR count). The second kappa shape index (κ2) is 14.0. The summed E-state index contributed by atoms with van der Waals surface area (Å²) >= 11 is 0. The Labute approximate surface area is 290 Å². The van der Waals surface area contributed by atoms with Gasteiger partial charge in [0, 0.05) is 24.2 Å². The van der Waals surface area contributed by atoms with Gasteiger partial charge in [-0.05, 0) is 60.9 Å². The number of ketones is 1. The second-order valence-corrected chi connectivity index (χ2v) is 15.3. The fourth-order valence-corrected chi connectivity index (χ4v) is 11.2. The zero-order valence-corrected chi connectivity index (χ0v) is 28.2. The molecule has 236 valence electrons. The van der Waals surface area contributed by atoms with Gasteiger partial charge in [0.05, 0.1) is 0 Å². The van der Waals surface area contributed by atoms with E-state index in [1.165, 1.54) is 60.9 Å². The minimum absolute atomic E-state index is 0.0761. The first-order chi connectivity index (χ1) is 24.2. The molecule has 0 aliphatic carbocycles. The number of carbonyl (C=O) groups excluding carboxylic acids is 1. The quantitative estimate of drug-likeness (QED) is 0.157. The Kier molecular flexibility index (Phi) is 8.85. The molecule has 0 aromatic heterocycles.